The van der Waals surface area contributed by atoms with Gasteiger partial charge in [-0.15, -0.1) is 0 Å². The van der Waals surface area contributed by atoms with Crippen LogP contribution < -0.4 is 5.32 Å². The lowest BCUT2D eigenvalue weighted by Gasteiger charge is -2.30. The lowest BCUT2D eigenvalue weighted by molar-refractivity contribution is -0.145. The van der Waals surface area contributed by atoms with E-state index in [0.717, 1.165) is 25.8 Å². The van der Waals surface area contributed by atoms with Crippen molar-refractivity contribution in [3.05, 3.63) is 35.9 Å². The largest absolute Gasteiger partial charge is 0.468 e. The Labute approximate surface area is 102 Å². The van der Waals surface area contributed by atoms with Gasteiger partial charge in [-0.2, -0.15) is 0 Å². The highest BCUT2D eigenvalue weighted by molar-refractivity contribution is 5.76. The molecule has 0 saturated carbocycles. The zero-order valence-electron chi connectivity index (χ0n) is 10.2. The molecule has 1 aromatic carbocycles. The van der Waals surface area contributed by atoms with Crippen LogP contribution >= 0.6 is 0 Å². The normalized spacial score (nSPS) is 24.3. The van der Waals surface area contributed by atoms with Gasteiger partial charge in [0.25, 0.3) is 0 Å². The lowest BCUT2D eigenvalue weighted by Crippen LogP contribution is -2.48. The zero-order valence-corrected chi connectivity index (χ0v) is 10.2. The van der Waals surface area contributed by atoms with Crippen molar-refractivity contribution in [2.75, 3.05) is 13.7 Å². The smallest absolute Gasteiger partial charge is 0.323 e. The summed E-state index contributed by atoms with van der Waals surface area (Å²) < 4.78 is 4.86. The number of nitrogens with one attached hydrogen (secondary N) is 1. The Morgan fingerprint density at radius 1 is 1.41 bits per heavy atom. The molecule has 0 amide bonds. The van der Waals surface area contributed by atoms with Gasteiger partial charge in [0.05, 0.1) is 7.11 Å². The van der Waals surface area contributed by atoms with Crippen LogP contribution in [-0.2, 0) is 16.0 Å². The van der Waals surface area contributed by atoms with Crippen LogP contribution in [-0.4, -0.2) is 25.7 Å². The van der Waals surface area contributed by atoms with Gasteiger partial charge in [0.2, 0.25) is 0 Å². The van der Waals surface area contributed by atoms with E-state index in [0.29, 0.717) is 5.92 Å². The molecule has 3 nitrogen and oxygen atoms in total. The van der Waals surface area contributed by atoms with Crippen LogP contribution in [0.3, 0.4) is 0 Å². The number of piperidine rings is 1. The van der Waals surface area contributed by atoms with Gasteiger partial charge in [-0.05, 0) is 37.3 Å². The summed E-state index contributed by atoms with van der Waals surface area (Å²) in [6.07, 6.45) is 3.15. The van der Waals surface area contributed by atoms with Crippen LogP contribution in [0.2, 0.25) is 0 Å². The highest BCUT2D eigenvalue weighted by Crippen LogP contribution is 2.22. The molecule has 1 saturated heterocycles. The van der Waals surface area contributed by atoms with Crippen molar-refractivity contribution in [1.82, 2.24) is 5.32 Å². The van der Waals surface area contributed by atoms with Gasteiger partial charge >= 0.3 is 5.97 Å². The maximum Gasteiger partial charge on any atom is 0.323 e. The summed E-state index contributed by atoms with van der Waals surface area (Å²) in [4.78, 5) is 11.7. The van der Waals surface area contributed by atoms with Crippen molar-refractivity contribution < 1.29 is 9.53 Å². The number of methoxy groups -OCH3 is 1. The van der Waals surface area contributed by atoms with Crippen LogP contribution in [0.5, 0.6) is 0 Å². The fourth-order valence-corrected chi connectivity index (χ4v) is 2.49. The second-order valence-corrected chi connectivity index (χ2v) is 4.55. The van der Waals surface area contributed by atoms with Crippen molar-refractivity contribution >= 4 is 5.97 Å². The van der Waals surface area contributed by atoms with Crippen molar-refractivity contribution in [3.63, 3.8) is 0 Å². The number of carbonyl (C=O) groups excluding carboxylic acids is 1. The van der Waals surface area contributed by atoms with Gasteiger partial charge in [-0.25, -0.2) is 0 Å². The molecule has 0 spiro atoms. The molecule has 1 heterocycles. The molecule has 2 rings (SSSR count). The average Bonchev–Trinajstić information content (AvgIpc) is 2.40. The van der Waals surface area contributed by atoms with E-state index in [1.54, 1.807) is 0 Å². The van der Waals surface area contributed by atoms with E-state index in [2.05, 4.69) is 17.4 Å². The van der Waals surface area contributed by atoms with Gasteiger partial charge in [0.1, 0.15) is 6.04 Å². The molecule has 3 heteroatoms. The number of benzene rings is 1. The Morgan fingerprint density at radius 3 is 2.88 bits per heavy atom. The van der Waals surface area contributed by atoms with E-state index in [-0.39, 0.29) is 12.0 Å². The Kier molecular flexibility index (Phi) is 4.15. The number of hydrogen-bond donors (Lipinski definition) is 1. The average molecular weight is 233 g/mol. The molecule has 0 radical (unpaired) electrons. The number of esters is 1. The van der Waals surface area contributed by atoms with E-state index in [9.17, 15) is 4.79 Å². The van der Waals surface area contributed by atoms with Crippen LogP contribution in [0.15, 0.2) is 30.3 Å². The third-order valence-corrected chi connectivity index (χ3v) is 3.38. The standard InChI is InChI=1S/C14H19NO2/c1-17-14(16)13-12(8-5-9-15-13)10-11-6-3-2-4-7-11/h2-4,6-7,12-13,15H,5,8-10H2,1H3. The monoisotopic (exact) mass is 233 g/mol. The Balaban J connectivity index is 2.04. The number of carbonyl (C=O) groups is 1. The summed E-state index contributed by atoms with van der Waals surface area (Å²) in [6.45, 7) is 0.908. The molecule has 2 atom stereocenters. The number of ether oxygens (including phenoxy) is 1. The van der Waals surface area contributed by atoms with Crippen molar-refractivity contribution in [2.24, 2.45) is 5.92 Å². The van der Waals surface area contributed by atoms with Gasteiger partial charge in [-0.3, -0.25) is 4.79 Å². The second-order valence-electron chi connectivity index (χ2n) is 4.55. The molecule has 1 aromatic rings. The maximum absolute atomic E-state index is 11.7. The Bertz CT molecular complexity index is 364. The number of hydrogen-bond acceptors (Lipinski definition) is 3. The zero-order chi connectivity index (χ0) is 12.1. The van der Waals surface area contributed by atoms with Crippen LogP contribution in [0.4, 0.5) is 0 Å². The molecule has 1 fully saturated rings. The summed E-state index contributed by atoms with van der Waals surface area (Å²) in [7, 11) is 1.46. The van der Waals surface area contributed by atoms with E-state index >= 15 is 0 Å². The summed E-state index contributed by atoms with van der Waals surface area (Å²) in [5.41, 5.74) is 1.29. The van der Waals surface area contributed by atoms with Gasteiger partial charge in [0.15, 0.2) is 0 Å². The van der Waals surface area contributed by atoms with E-state index in [1.807, 2.05) is 18.2 Å². The highest BCUT2D eigenvalue weighted by atomic mass is 16.5. The Hall–Kier alpha value is -1.35. The minimum absolute atomic E-state index is 0.134. The molecule has 1 aliphatic heterocycles. The first-order valence-electron chi connectivity index (χ1n) is 6.16. The topological polar surface area (TPSA) is 38.3 Å². The molecule has 92 valence electrons. The van der Waals surface area contributed by atoms with Crippen molar-refractivity contribution in [1.29, 1.82) is 0 Å². The summed E-state index contributed by atoms with van der Waals surface area (Å²) in [5, 5.41) is 3.27. The van der Waals surface area contributed by atoms with E-state index in [4.69, 9.17) is 4.74 Å². The molecule has 0 aliphatic carbocycles. The minimum Gasteiger partial charge on any atom is -0.468 e. The molecule has 0 aromatic heterocycles. The Morgan fingerprint density at radius 2 is 2.18 bits per heavy atom. The lowest BCUT2D eigenvalue weighted by atomic mass is 9.85. The molecular formula is C14H19NO2. The fourth-order valence-electron chi connectivity index (χ4n) is 2.49. The summed E-state index contributed by atoms with van der Waals surface area (Å²) in [6, 6.07) is 10.2. The molecular weight excluding hydrogens is 214 g/mol. The SMILES string of the molecule is COC(=O)C1NCCCC1Cc1ccccc1. The first-order chi connectivity index (χ1) is 8.31. The first-order valence-corrected chi connectivity index (χ1v) is 6.16. The predicted molar refractivity (Wildman–Crippen MR) is 66.7 cm³/mol. The maximum atomic E-state index is 11.7. The summed E-state index contributed by atoms with van der Waals surface area (Å²) >= 11 is 0. The van der Waals surface area contributed by atoms with E-state index < -0.39 is 0 Å². The molecule has 17 heavy (non-hydrogen) atoms. The van der Waals surface area contributed by atoms with Crippen LogP contribution in [0.25, 0.3) is 0 Å². The molecule has 1 N–H and O–H groups in total. The quantitative estimate of drug-likeness (QED) is 0.809. The molecule has 2 unspecified atom stereocenters. The second kappa shape index (κ2) is 5.82. The van der Waals surface area contributed by atoms with Gasteiger partial charge in [0, 0.05) is 0 Å². The first kappa shape index (κ1) is 12.1. The molecule has 1 aliphatic rings. The third-order valence-electron chi connectivity index (χ3n) is 3.38. The van der Waals surface area contributed by atoms with Crippen molar-refractivity contribution in [3.8, 4) is 0 Å². The van der Waals surface area contributed by atoms with Gasteiger partial charge in [-0.1, -0.05) is 30.3 Å². The van der Waals surface area contributed by atoms with E-state index in [1.165, 1.54) is 12.7 Å². The summed E-state index contributed by atoms with van der Waals surface area (Å²) in [5.74, 6) is 0.212. The predicted octanol–water partition coefficient (Wildman–Crippen LogP) is 1.77. The highest BCUT2D eigenvalue weighted by Gasteiger charge is 2.31. The van der Waals surface area contributed by atoms with Gasteiger partial charge < -0.3 is 10.1 Å². The number of rotatable bonds is 3. The van der Waals surface area contributed by atoms with Crippen LogP contribution in [0.1, 0.15) is 18.4 Å². The van der Waals surface area contributed by atoms with Crippen LogP contribution in [0, 0.1) is 5.92 Å². The minimum atomic E-state index is -0.144. The molecule has 0 bridgehead atoms. The fraction of sp³-hybridized carbons (Fsp3) is 0.500. The van der Waals surface area contributed by atoms with Crippen molar-refractivity contribution in [2.45, 2.75) is 25.3 Å². The third kappa shape index (κ3) is 3.07.